The van der Waals surface area contributed by atoms with E-state index in [0.717, 1.165) is 31.6 Å². The molecule has 0 bridgehead atoms. The van der Waals surface area contributed by atoms with Crippen molar-refractivity contribution in [2.24, 2.45) is 5.92 Å². The Bertz CT molecular complexity index is 644. The second kappa shape index (κ2) is 7.68. The molecule has 2 fully saturated rings. The Morgan fingerprint density at radius 1 is 0.923 bits per heavy atom. The molecule has 1 saturated heterocycles. The molecule has 0 unspecified atom stereocenters. The number of carbonyl (C=O) groups excluding carboxylic acids is 2. The van der Waals surface area contributed by atoms with Crippen molar-refractivity contribution in [3.05, 3.63) is 29.8 Å². The normalized spacial score (nSPS) is 18.9. The van der Waals surface area contributed by atoms with Crippen LogP contribution in [0.5, 0.6) is 5.75 Å². The highest BCUT2D eigenvalue weighted by Gasteiger charge is 2.31. The third-order valence-corrected chi connectivity index (χ3v) is 5.07. The highest BCUT2D eigenvalue weighted by molar-refractivity contribution is 5.94. The third-order valence-electron chi connectivity index (χ3n) is 5.07. The van der Waals surface area contributed by atoms with E-state index in [9.17, 15) is 9.59 Å². The fourth-order valence-electron chi connectivity index (χ4n) is 3.46. The number of carbonyl (C=O) groups is 2. The average molecular weight is 358 g/mol. The van der Waals surface area contributed by atoms with E-state index < -0.39 is 0 Å². The predicted octanol–water partition coefficient (Wildman–Crippen LogP) is 3.34. The van der Waals surface area contributed by atoms with Gasteiger partial charge < -0.3 is 14.5 Å². The highest BCUT2D eigenvalue weighted by Crippen LogP contribution is 2.28. The van der Waals surface area contributed by atoms with E-state index in [0.29, 0.717) is 25.2 Å². The van der Waals surface area contributed by atoms with E-state index in [-0.39, 0.29) is 23.3 Å². The molecule has 1 saturated carbocycles. The fourth-order valence-corrected chi connectivity index (χ4v) is 3.46. The van der Waals surface area contributed by atoms with Gasteiger partial charge in [0.05, 0.1) is 0 Å². The second-order valence-corrected chi connectivity index (χ2v) is 8.34. The Labute approximate surface area is 156 Å². The first-order valence-electron chi connectivity index (χ1n) is 9.71. The number of hydrogen-bond acceptors (Lipinski definition) is 3. The van der Waals surface area contributed by atoms with Crippen molar-refractivity contribution in [2.75, 3.05) is 26.2 Å². The number of hydrogen-bond donors (Lipinski definition) is 0. The molecule has 3 rings (SSSR count). The van der Waals surface area contributed by atoms with Gasteiger partial charge in [-0.15, -0.1) is 0 Å². The average Bonchev–Trinajstić information content (AvgIpc) is 2.78. The third kappa shape index (κ3) is 4.57. The maximum absolute atomic E-state index is 12.8. The summed E-state index contributed by atoms with van der Waals surface area (Å²) in [6.07, 6.45) is 4.07. The van der Waals surface area contributed by atoms with Crippen LogP contribution in [0.3, 0.4) is 0 Å². The zero-order valence-electron chi connectivity index (χ0n) is 16.2. The molecule has 1 aromatic rings. The maximum atomic E-state index is 12.8. The molecule has 0 aromatic heterocycles. The molecule has 0 spiro atoms. The van der Waals surface area contributed by atoms with Gasteiger partial charge in [-0.3, -0.25) is 9.59 Å². The van der Waals surface area contributed by atoms with Gasteiger partial charge in [-0.2, -0.15) is 0 Å². The predicted molar refractivity (Wildman–Crippen MR) is 101 cm³/mol. The summed E-state index contributed by atoms with van der Waals surface area (Å²) in [6, 6.07) is 7.35. The molecular formula is C21H30N2O3. The molecule has 1 aromatic carbocycles. The minimum atomic E-state index is -0.257. The van der Waals surface area contributed by atoms with Gasteiger partial charge in [0, 0.05) is 37.7 Å². The smallest absolute Gasteiger partial charge is 0.253 e. The molecule has 0 radical (unpaired) electrons. The van der Waals surface area contributed by atoms with E-state index in [1.54, 1.807) is 0 Å². The van der Waals surface area contributed by atoms with Gasteiger partial charge in [-0.25, -0.2) is 0 Å². The Hall–Kier alpha value is -2.04. The molecular weight excluding hydrogens is 328 g/mol. The molecule has 1 aliphatic heterocycles. The van der Waals surface area contributed by atoms with Crippen molar-refractivity contribution in [2.45, 2.75) is 52.1 Å². The largest absolute Gasteiger partial charge is 0.488 e. The van der Waals surface area contributed by atoms with Gasteiger partial charge in [0.15, 0.2) is 0 Å². The molecule has 0 N–H and O–H groups in total. The lowest BCUT2D eigenvalue weighted by Gasteiger charge is -2.31. The summed E-state index contributed by atoms with van der Waals surface area (Å²) in [5.41, 5.74) is 0.414. The van der Waals surface area contributed by atoms with E-state index >= 15 is 0 Å². The van der Waals surface area contributed by atoms with Gasteiger partial charge in [0.2, 0.25) is 5.91 Å². The van der Waals surface area contributed by atoms with Gasteiger partial charge in [0.25, 0.3) is 5.91 Å². The van der Waals surface area contributed by atoms with E-state index in [1.165, 1.54) is 6.42 Å². The molecule has 5 nitrogen and oxygen atoms in total. The summed E-state index contributed by atoms with van der Waals surface area (Å²) in [5, 5.41) is 0. The fraction of sp³-hybridized carbons (Fsp3) is 0.619. The number of rotatable bonds is 3. The SMILES string of the molecule is CC(C)(C)Oc1ccc(C(=O)N2CCCN(C(=O)C3CCC3)CC2)cc1. The highest BCUT2D eigenvalue weighted by atomic mass is 16.5. The van der Waals surface area contributed by atoms with Crippen molar-refractivity contribution in [3.8, 4) is 5.75 Å². The van der Waals surface area contributed by atoms with Crippen molar-refractivity contribution >= 4 is 11.8 Å². The standard InChI is InChI=1S/C21H30N2O3/c1-21(2,3)26-18-10-8-17(9-11-18)20(25)23-13-5-12-22(14-15-23)19(24)16-6-4-7-16/h8-11,16H,4-7,12-15H2,1-3H3. The molecule has 2 aliphatic rings. The number of ether oxygens (including phenoxy) is 1. The van der Waals surface area contributed by atoms with E-state index in [4.69, 9.17) is 4.74 Å². The van der Waals surface area contributed by atoms with Gasteiger partial charge in [-0.05, 0) is 64.3 Å². The Morgan fingerprint density at radius 3 is 2.12 bits per heavy atom. The van der Waals surface area contributed by atoms with E-state index in [2.05, 4.69) is 0 Å². The zero-order valence-corrected chi connectivity index (χ0v) is 16.2. The summed E-state index contributed by atoms with van der Waals surface area (Å²) < 4.78 is 5.81. The molecule has 5 heteroatoms. The van der Waals surface area contributed by atoms with Crippen molar-refractivity contribution in [1.82, 2.24) is 9.80 Å². The second-order valence-electron chi connectivity index (χ2n) is 8.34. The molecule has 0 atom stereocenters. The van der Waals surface area contributed by atoms with Crippen LogP contribution in [0.15, 0.2) is 24.3 Å². The number of amides is 2. The van der Waals surface area contributed by atoms with Crippen LogP contribution in [0.2, 0.25) is 0 Å². The Kier molecular flexibility index (Phi) is 5.54. The first-order chi connectivity index (χ1) is 12.3. The summed E-state index contributed by atoms with van der Waals surface area (Å²) in [7, 11) is 0. The van der Waals surface area contributed by atoms with Gasteiger partial charge >= 0.3 is 0 Å². The molecule has 26 heavy (non-hydrogen) atoms. The topological polar surface area (TPSA) is 49.9 Å². The Balaban J connectivity index is 1.58. The Morgan fingerprint density at radius 2 is 1.54 bits per heavy atom. The van der Waals surface area contributed by atoms with Crippen molar-refractivity contribution < 1.29 is 14.3 Å². The van der Waals surface area contributed by atoms with Crippen LogP contribution in [-0.2, 0) is 4.79 Å². The van der Waals surface area contributed by atoms with Crippen LogP contribution in [-0.4, -0.2) is 53.4 Å². The zero-order chi connectivity index (χ0) is 18.7. The summed E-state index contributed by atoms with van der Waals surface area (Å²) in [6.45, 7) is 8.72. The maximum Gasteiger partial charge on any atom is 0.253 e. The van der Waals surface area contributed by atoms with Crippen molar-refractivity contribution in [3.63, 3.8) is 0 Å². The lowest BCUT2D eigenvalue weighted by Crippen LogP contribution is -2.41. The molecule has 1 heterocycles. The number of benzene rings is 1. The monoisotopic (exact) mass is 358 g/mol. The van der Waals surface area contributed by atoms with Gasteiger partial charge in [0.1, 0.15) is 11.4 Å². The van der Waals surface area contributed by atoms with Crippen LogP contribution in [0.25, 0.3) is 0 Å². The first kappa shape index (κ1) is 18.7. The van der Waals surface area contributed by atoms with Crippen LogP contribution in [0.1, 0.15) is 56.8 Å². The van der Waals surface area contributed by atoms with E-state index in [1.807, 2.05) is 54.8 Å². The molecule has 142 valence electrons. The summed E-state index contributed by atoms with van der Waals surface area (Å²) >= 11 is 0. The minimum Gasteiger partial charge on any atom is -0.488 e. The number of nitrogens with zero attached hydrogens (tertiary/aromatic N) is 2. The van der Waals surface area contributed by atoms with Gasteiger partial charge in [-0.1, -0.05) is 6.42 Å². The molecule has 1 aliphatic carbocycles. The molecule has 2 amide bonds. The van der Waals surface area contributed by atoms with Crippen LogP contribution >= 0.6 is 0 Å². The van der Waals surface area contributed by atoms with Crippen LogP contribution in [0, 0.1) is 5.92 Å². The van der Waals surface area contributed by atoms with Crippen molar-refractivity contribution in [1.29, 1.82) is 0 Å². The van der Waals surface area contributed by atoms with Crippen LogP contribution in [0.4, 0.5) is 0 Å². The lowest BCUT2D eigenvalue weighted by atomic mass is 9.84. The summed E-state index contributed by atoms with van der Waals surface area (Å²) in [4.78, 5) is 29.1. The first-order valence-corrected chi connectivity index (χ1v) is 9.71. The summed E-state index contributed by atoms with van der Waals surface area (Å²) in [5.74, 6) is 1.31. The minimum absolute atomic E-state index is 0.0326. The quantitative estimate of drug-likeness (QED) is 0.833. The van der Waals surface area contributed by atoms with Crippen LogP contribution < -0.4 is 4.74 Å². The lowest BCUT2D eigenvalue weighted by molar-refractivity contribution is -0.138.